The Morgan fingerprint density at radius 1 is 1.31 bits per heavy atom. The van der Waals surface area contributed by atoms with Crippen molar-refractivity contribution in [1.29, 1.82) is 0 Å². The van der Waals surface area contributed by atoms with Crippen LogP contribution in [0.3, 0.4) is 0 Å². The summed E-state index contributed by atoms with van der Waals surface area (Å²) in [7, 11) is 1.93. The zero-order valence-electron chi connectivity index (χ0n) is 8.89. The van der Waals surface area contributed by atoms with Gasteiger partial charge in [-0.05, 0) is 18.2 Å². The maximum absolute atomic E-state index is 5.63. The highest BCUT2D eigenvalue weighted by atomic mass is 35.5. The summed E-state index contributed by atoms with van der Waals surface area (Å²) < 4.78 is 1.86. The number of halogens is 1. The SMILES string of the molecule is Cn1nccc1CCNc1ccc(Cl)nn1. The summed E-state index contributed by atoms with van der Waals surface area (Å²) in [6.07, 6.45) is 2.68. The Balaban J connectivity index is 1.84. The number of aryl methyl sites for hydroxylation is 1. The van der Waals surface area contributed by atoms with E-state index in [1.807, 2.05) is 17.8 Å². The molecule has 0 aromatic carbocycles. The zero-order valence-corrected chi connectivity index (χ0v) is 9.65. The van der Waals surface area contributed by atoms with Gasteiger partial charge in [0.1, 0.15) is 5.82 Å². The fraction of sp³-hybridized carbons (Fsp3) is 0.300. The van der Waals surface area contributed by atoms with Gasteiger partial charge in [0.25, 0.3) is 0 Å². The average Bonchev–Trinajstić information content (AvgIpc) is 2.68. The fourth-order valence-electron chi connectivity index (χ4n) is 1.38. The van der Waals surface area contributed by atoms with Crippen LogP contribution in [0.15, 0.2) is 24.4 Å². The summed E-state index contributed by atoms with van der Waals surface area (Å²) >= 11 is 5.63. The minimum Gasteiger partial charge on any atom is -0.368 e. The Labute approximate surface area is 98.5 Å². The van der Waals surface area contributed by atoms with Crippen LogP contribution in [0.4, 0.5) is 5.82 Å². The van der Waals surface area contributed by atoms with E-state index >= 15 is 0 Å². The average molecular weight is 238 g/mol. The topological polar surface area (TPSA) is 55.6 Å². The van der Waals surface area contributed by atoms with Crippen molar-refractivity contribution in [2.75, 3.05) is 11.9 Å². The van der Waals surface area contributed by atoms with Crippen molar-refractivity contribution in [1.82, 2.24) is 20.0 Å². The van der Waals surface area contributed by atoms with Crippen LogP contribution in [0.1, 0.15) is 5.69 Å². The molecule has 0 aliphatic heterocycles. The monoisotopic (exact) mass is 237 g/mol. The normalized spacial score (nSPS) is 10.4. The van der Waals surface area contributed by atoms with Gasteiger partial charge in [-0.25, -0.2) is 0 Å². The Morgan fingerprint density at radius 3 is 2.81 bits per heavy atom. The van der Waals surface area contributed by atoms with Gasteiger partial charge in [0.15, 0.2) is 5.15 Å². The number of aromatic nitrogens is 4. The van der Waals surface area contributed by atoms with Crippen LogP contribution in [0.25, 0.3) is 0 Å². The van der Waals surface area contributed by atoms with Crippen LogP contribution >= 0.6 is 11.6 Å². The lowest BCUT2D eigenvalue weighted by Crippen LogP contribution is -2.09. The van der Waals surface area contributed by atoms with E-state index in [0.29, 0.717) is 5.15 Å². The molecule has 0 saturated carbocycles. The van der Waals surface area contributed by atoms with Crippen molar-refractivity contribution in [3.8, 4) is 0 Å². The molecular formula is C10H12ClN5. The molecule has 0 radical (unpaired) electrons. The molecule has 0 fully saturated rings. The molecule has 0 saturated heterocycles. The lowest BCUT2D eigenvalue weighted by Gasteiger charge is -2.04. The molecule has 6 heteroatoms. The van der Waals surface area contributed by atoms with Crippen LogP contribution in [0.2, 0.25) is 5.15 Å². The molecule has 84 valence electrons. The standard InChI is InChI=1S/C10H12ClN5/c1-16-8(5-7-13-16)4-6-12-10-3-2-9(11)14-15-10/h2-3,5,7H,4,6H2,1H3,(H,12,15). The zero-order chi connectivity index (χ0) is 11.4. The van der Waals surface area contributed by atoms with E-state index in [-0.39, 0.29) is 0 Å². The summed E-state index contributed by atoms with van der Waals surface area (Å²) in [6.45, 7) is 0.788. The first kappa shape index (κ1) is 10.9. The molecular weight excluding hydrogens is 226 g/mol. The quantitative estimate of drug-likeness (QED) is 0.876. The molecule has 0 bridgehead atoms. The van der Waals surface area contributed by atoms with Gasteiger partial charge >= 0.3 is 0 Å². The molecule has 0 aliphatic carbocycles. The molecule has 2 rings (SSSR count). The molecule has 0 atom stereocenters. The van der Waals surface area contributed by atoms with Gasteiger partial charge in [-0.2, -0.15) is 5.10 Å². The Morgan fingerprint density at radius 2 is 2.19 bits per heavy atom. The fourth-order valence-corrected chi connectivity index (χ4v) is 1.48. The predicted octanol–water partition coefficient (Wildman–Crippen LogP) is 1.52. The van der Waals surface area contributed by atoms with Crippen molar-refractivity contribution in [2.45, 2.75) is 6.42 Å². The molecule has 2 aromatic rings. The summed E-state index contributed by atoms with van der Waals surface area (Å²) in [6, 6.07) is 5.51. The van der Waals surface area contributed by atoms with Gasteiger partial charge in [-0.15, -0.1) is 10.2 Å². The Hall–Kier alpha value is -1.62. The first-order valence-corrected chi connectivity index (χ1v) is 5.33. The predicted molar refractivity (Wildman–Crippen MR) is 62.4 cm³/mol. The highest BCUT2D eigenvalue weighted by Crippen LogP contribution is 2.06. The molecule has 0 spiro atoms. The van der Waals surface area contributed by atoms with E-state index in [4.69, 9.17) is 11.6 Å². The number of nitrogens with one attached hydrogen (secondary N) is 1. The summed E-state index contributed by atoms with van der Waals surface area (Å²) in [4.78, 5) is 0. The van der Waals surface area contributed by atoms with E-state index < -0.39 is 0 Å². The largest absolute Gasteiger partial charge is 0.368 e. The lowest BCUT2D eigenvalue weighted by molar-refractivity contribution is 0.710. The summed E-state index contributed by atoms with van der Waals surface area (Å²) in [5, 5.41) is 15.3. The summed E-state index contributed by atoms with van der Waals surface area (Å²) in [5.74, 6) is 0.728. The van der Waals surface area contributed by atoms with E-state index in [1.54, 1.807) is 18.3 Å². The Bertz CT molecular complexity index is 450. The molecule has 0 aliphatic rings. The van der Waals surface area contributed by atoms with Crippen LogP contribution in [-0.2, 0) is 13.5 Å². The summed E-state index contributed by atoms with van der Waals surface area (Å²) in [5.41, 5.74) is 1.18. The minimum atomic E-state index is 0.400. The van der Waals surface area contributed by atoms with Crippen molar-refractivity contribution >= 4 is 17.4 Å². The van der Waals surface area contributed by atoms with Gasteiger partial charge in [0, 0.05) is 31.9 Å². The number of hydrogen-bond donors (Lipinski definition) is 1. The van der Waals surface area contributed by atoms with E-state index in [2.05, 4.69) is 20.6 Å². The van der Waals surface area contributed by atoms with Gasteiger partial charge in [0.2, 0.25) is 0 Å². The van der Waals surface area contributed by atoms with E-state index in [9.17, 15) is 0 Å². The molecule has 5 nitrogen and oxygen atoms in total. The van der Waals surface area contributed by atoms with Gasteiger partial charge in [0.05, 0.1) is 0 Å². The van der Waals surface area contributed by atoms with Crippen LogP contribution in [0, 0.1) is 0 Å². The second kappa shape index (κ2) is 4.94. The molecule has 0 unspecified atom stereocenters. The van der Waals surface area contributed by atoms with E-state index in [1.165, 1.54) is 5.69 Å². The van der Waals surface area contributed by atoms with Crippen LogP contribution < -0.4 is 5.32 Å². The highest BCUT2D eigenvalue weighted by Gasteiger charge is 1.99. The number of anilines is 1. The molecule has 2 heterocycles. The molecule has 16 heavy (non-hydrogen) atoms. The molecule has 2 aromatic heterocycles. The third-order valence-electron chi connectivity index (χ3n) is 2.24. The minimum absolute atomic E-state index is 0.400. The van der Waals surface area contributed by atoms with Crippen LogP contribution in [0.5, 0.6) is 0 Å². The maximum Gasteiger partial charge on any atom is 0.151 e. The molecule has 1 N–H and O–H groups in total. The number of hydrogen-bond acceptors (Lipinski definition) is 4. The second-order valence-corrected chi connectivity index (χ2v) is 3.75. The van der Waals surface area contributed by atoms with Gasteiger partial charge in [-0.1, -0.05) is 11.6 Å². The third-order valence-corrected chi connectivity index (χ3v) is 2.44. The number of rotatable bonds is 4. The maximum atomic E-state index is 5.63. The van der Waals surface area contributed by atoms with Crippen molar-refractivity contribution in [2.24, 2.45) is 7.05 Å². The highest BCUT2D eigenvalue weighted by molar-refractivity contribution is 6.29. The Kier molecular flexibility index (Phi) is 3.36. The number of nitrogens with zero attached hydrogens (tertiary/aromatic N) is 4. The lowest BCUT2D eigenvalue weighted by atomic mass is 10.3. The first-order valence-electron chi connectivity index (χ1n) is 4.96. The van der Waals surface area contributed by atoms with Crippen molar-refractivity contribution in [3.63, 3.8) is 0 Å². The van der Waals surface area contributed by atoms with Gasteiger partial charge in [-0.3, -0.25) is 4.68 Å². The van der Waals surface area contributed by atoms with Crippen molar-refractivity contribution in [3.05, 3.63) is 35.2 Å². The third kappa shape index (κ3) is 2.70. The van der Waals surface area contributed by atoms with Crippen LogP contribution in [-0.4, -0.2) is 26.5 Å². The van der Waals surface area contributed by atoms with Gasteiger partial charge < -0.3 is 5.32 Å². The molecule has 0 amide bonds. The van der Waals surface area contributed by atoms with E-state index in [0.717, 1.165) is 18.8 Å². The first-order chi connectivity index (χ1) is 7.75. The van der Waals surface area contributed by atoms with Crippen molar-refractivity contribution < 1.29 is 0 Å². The smallest absolute Gasteiger partial charge is 0.151 e. The second-order valence-electron chi connectivity index (χ2n) is 3.36.